The predicted molar refractivity (Wildman–Crippen MR) is 141 cm³/mol. The molecule has 0 saturated carbocycles. The summed E-state index contributed by atoms with van der Waals surface area (Å²) in [5.41, 5.74) is 0.722. The first-order valence-electron chi connectivity index (χ1n) is 12.1. The van der Waals surface area contributed by atoms with E-state index in [2.05, 4.69) is 5.32 Å². The quantitative estimate of drug-likeness (QED) is 0.371. The first kappa shape index (κ1) is 29.9. The smallest absolute Gasteiger partial charge is 0.244 e. The van der Waals surface area contributed by atoms with E-state index in [1.54, 1.807) is 19.1 Å². The third-order valence-corrected chi connectivity index (χ3v) is 6.94. The Morgan fingerprint density at radius 2 is 1.73 bits per heavy atom. The maximum Gasteiger partial charge on any atom is 0.244 e. The fourth-order valence-corrected chi connectivity index (χ4v) is 4.64. The maximum atomic E-state index is 13.7. The van der Waals surface area contributed by atoms with Crippen molar-refractivity contribution in [3.8, 4) is 11.5 Å². The van der Waals surface area contributed by atoms with Gasteiger partial charge in [0.05, 0.1) is 26.2 Å². The summed E-state index contributed by atoms with van der Waals surface area (Å²) in [5.74, 6) is -0.761. The number of unbranched alkanes of at least 4 members (excludes halogenated alkanes) is 1. The zero-order chi connectivity index (χ0) is 27.6. The fourth-order valence-electron chi connectivity index (χ4n) is 3.80. The van der Waals surface area contributed by atoms with Gasteiger partial charge in [0.2, 0.25) is 21.8 Å². The first-order chi connectivity index (χ1) is 17.5. The molecule has 2 amide bonds. The van der Waals surface area contributed by atoms with Crippen LogP contribution in [-0.2, 0) is 26.2 Å². The summed E-state index contributed by atoms with van der Waals surface area (Å²) in [7, 11) is -1.12. The lowest BCUT2D eigenvalue weighted by molar-refractivity contribution is -0.140. The molecule has 0 fully saturated rings. The summed E-state index contributed by atoms with van der Waals surface area (Å²) in [5, 5.41) is 2.85. The number of anilines is 1. The van der Waals surface area contributed by atoms with Gasteiger partial charge in [-0.2, -0.15) is 0 Å². The zero-order valence-electron chi connectivity index (χ0n) is 22.0. The number of carbonyl (C=O) groups is 2. The largest absolute Gasteiger partial charge is 0.497 e. The molecule has 0 spiro atoms. The molecular weight excluding hydrogens is 501 g/mol. The van der Waals surface area contributed by atoms with Crippen molar-refractivity contribution in [1.82, 2.24) is 10.2 Å². The van der Waals surface area contributed by atoms with Gasteiger partial charge < -0.3 is 19.7 Å². The van der Waals surface area contributed by atoms with Crippen molar-refractivity contribution in [3.63, 3.8) is 0 Å². The second-order valence-corrected chi connectivity index (χ2v) is 10.4. The Hall–Kier alpha value is -3.34. The van der Waals surface area contributed by atoms with E-state index in [0.29, 0.717) is 24.3 Å². The molecule has 0 aromatic heterocycles. The number of benzene rings is 2. The van der Waals surface area contributed by atoms with Crippen molar-refractivity contribution < 1.29 is 31.9 Å². The van der Waals surface area contributed by atoms with Gasteiger partial charge in [-0.25, -0.2) is 12.8 Å². The van der Waals surface area contributed by atoms with Gasteiger partial charge in [0.1, 0.15) is 29.9 Å². The van der Waals surface area contributed by atoms with Crippen molar-refractivity contribution in [2.24, 2.45) is 0 Å². The van der Waals surface area contributed by atoms with Crippen molar-refractivity contribution in [2.75, 3.05) is 37.9 Å². The minimum Gasteiger partial charge on any atom is -0.497 e. The van der Waals surface area contributed by atoms with E-state index in [1.165, 1.54) is 49.5 Å². The van der Waals surface area contributed by atoms with Gasteiger partial charge in [-0.05, 0) is 42.7 Å². The molecule has 37 heavy (non-hydrogen) atoms. The second-order valence-electron chi connectivity index (χ2n) is 8.52. The summed E-state index contributed by atoms with van der Waals surface area (Å²) in [6.45, 7) is 3.64. The average molecular weight is 538 g/mol. The number of hydrogen-bond acceptors (Lipinski definition) is 6. The van der Waals surface area contributed by atoms with Crippen LogP contribution < -0.4 is 19.1 Å². The number of sulfonamides is 1. The Balaban J connectivity index is 2.48. The minimum absolute atomic E-state index is 0.00827. The molecular formula is C26H36FN3O6S. The van der Waals surface area contributed by atoms with Gasteiger partial charge in [0, 0.05) is 19.2 Å². The Bertz CT molecular complexity index is 1160. The van der Waals surface area contributed by atoms with E-state index in [4.69, 9.17) is 9.47 Å². The molecule has 0 bridgehead atoms. The lowest BCUT2D eigenvalue weighted by Crippen LogP contribution is -2.52. The molecule has 2 aromatic rings. The van der Waals surface area contributed by atoms with Crippen LogP contribution in [-0.4, -0.2) is 64.7 Å². The topological polar surface area (TPSA) is 105 Å². The molecule has 0 aliphatic heterocycles. The molecule has 9 nitrogen and oxygen atoms in total. The number of amides is 2. The van der Waals surface area contributed by atoms with Gasteiger partial charge in [-0.15, -0.1) is 0 Å². The van der Waals surface area contributed by atoms with E-state index < -0.39 is 34.3 Å². The second kappa shape index (κ2) is 13.8. The highest BCUT2D eigenvalue weighted by atomic mass is 32.2. The normalized spacial score (nSPS) is 11.9. The number of nitrogens with zero attached hydrogens (tertiary/aromatic N) is 2. The monoisotopic (exact) mass is 537 g/mol. The summed E-state index contributed by atoms with van der Waals surface area (Å²) in [4.78, 5) is 28.1. The summed E-state index contributed by atoms with van der Waals surface area (Å²) >= 11 is 0. The molecule has 0 aliphatic carbocycles. The van der Waals surface area contributed by atoms with Gasteiger partial charge in [0.25, 0.3) is 0 Å². The Morgan fingerprint density at radius 3 is 2.27 bits per heavy atom. The highest BCUT2D eigenvalue weighted by Gasteiger charge is 2.32. The number of methoxy groups -OCH3 is 2. The Kier molecular flexibility index (Phi) is 11.2. The average Bonchev–Trinajstić information content (AvgIpc) is 2.87. The van der Waals surface area contributed by atoms with E-state index in [9.17, 15) is 22.4 Å². The molecule has 0 aliphatic rings. The number of rotatable bonds is 14. The standard InChI is InChI=1S/C26H36FN3O6S/c1-6-8-15-28-26(32)22(7-2)29(17-19-9-11-20(27)12-10-19)25(31)18-30(37(5,33)34)23-16-21(35-3)13-14-24(23)36-4/h9-14,16,22H,6-8,15,17-18H2,1-5H3,(H,28,32)/t22-/m1/s1. The van der Waals surface area contributed by atoms with E-state index in [1.807, 2.05) is 6.92 Å². The SMILES string of the molecule is CCCCNC(=O)[C@@H](CC)N(Cc1ccc(F)cc1)C(=O)CN(c1cc(OC)ccc1OC)S(C)(=O)=O. The van der Waals surface area contributed by atoms with Crippen LogP contribution in [0, 0.1) is 5.82 Å². The van der Waals surface area contributed by atoms with Crippen LogP contribution >= 0.6 is 0 Å². The van der Waals surface area contributed by atoms with Crippen LogP contribution in [0.15, 0.2) is 42.5 Å². The van der Waals surface area contributed by atoms with E-state index in [-0.39, 0.29) is 23.9 Å². The maximum absolute atomic E-state index is 13.7. The van der Waals surface area contributed by atoms with E-state index in [0.717, 1.165) is 23.4 Å². The van der Waals surface area contributed by atoms with Crippen LogP contribution in [0.25, 0.3) is 0 Å². The Morgan fingerprint density at radius 1 is 1.05 bits per heavy atom. The predicted octanol–water partition coefficient (Wildman–Crippen LogP) is 3.33. The summed E-state index contributed by atoms with van der Waals surface area (Å²) in [6, 6.07) is 9.35. The number of nitrogens with one attached hydrogen (secondary N) is 1. The highest BCUT2D eigenvalue weighted by Crippen LogP contribution is 2.34. The van der Waals surface area contributed by atoms with Gasteiger partial charge in [-0.1, -0.05) is 32.4 Å². The molecule has 0 heterocycles. The molecule has 2 rings (SSSR count). The Labute approximate surface area is 218 Å². The summed E-state index contributed by atoms with van der Waals surface area (Å²) in [6.07, 6.45) is 2.96. The van der Waals surface area contributed by atoms with Crippen molar-refractivity contribution in [2.45, 2.75) is 45.7 Å². The molecule has 0 saturated heterocycles. The van der Waals surface area contributed by atoms with Crippen LogP contribution in [0.4, 0.5) is 10.1 Å². The lowest BCUT2D eigenvalue weighted by atomic mass is 10.1. The van der Waals surface area contributed by atoms with Crippen molar-refractivity contribution in [1.29, 1.82) is 0 Å². The highest BCUT2D eigenvalue weighted by molar-refractivity contribution is 7.92. The zero-order valence-corrected chi connectivity index (χ0v) is 22.8. The van der Waals surface area contributed by atoms with Gasteiger partial charge in [-0.3, -0.25) is 13.9 Å². The number of ether oxygens (including phenoxy) is 2. The molecule has 2 aromatic carbocycles. The summed E-state index contributed by atoms with van der Waals surface area (Å²) < 4.78 is 50.7. The van der Waals surface area contributed by atoms with Crippen LogP contribution in [0.2, 0.25) is 0 Å². The number of hydrogen-bond donors (Lipinski definition) is 1. The van der Waals surface area contributed by atoms with Crippen LogP contribution in [0.5, 0.6) is 11.5 Å². The molecule has 11 heteroatoms. The van der Waals surface area contributed by atoms with Crippen LogP contribution in [0.3, 0.4) is 0 Å². The number of carbonyl (C=O) groups excluding carboxylic acids is 2. The van der Waals surface area contributed by atoms with Crippen molar-refractivity contribution >= 4 is 27.5 Å². The lowest BCUT2D eigenvalue weighted by Gasteiger charge is -2.33. The molecule has 0 unspecified atom stereocenters. The first-order valence-corrected chi connectivity index (χ1v) is 13.9. The van der Waals surface area contributed by atoms with Gasteiger partial charge >= 0.3 is 0 Å². The molecule has 1 atom stereocenters. The third kappa shape index (κ3) is 8.34. The molecule has 204 valence electrons. The fraction of sp³-hybridized carbons (Fsp3) is 0.462. The number of halogens is 1. The third-order valence-electron chi connectivity index (χ3n) is 5.82. The minimum atomic E-state index is -3.95. The molecule has 0 radical (unpaired) electrons. The van der Waals surface area contributed by atoms with Crippen LogP contribution in [0.1, 0.15) is 38.7 Å². The van der Waals surface area contributed by atoms with Crippen molar-refractivity contribution in [3.05, 3.63) is 53.8 Å². The van der Waals surface area contributed by atoms with Gasteiger partial charge in [0.15, 0.2) is 0 Å². The molecule has 1 N–H and O–H groups in total. The van der Waals surface area contributed by atoms with E-state index >= 15 is 0 Å².